The molecule has 2 N–H and O–H groups in total. The molecule has 23 heavy (non-hydrogen) atoms. The van der Waals surface area contributed by atoms with Crippen LogP contribution in [0.2, 0.25) is 0 Å². The molecule has 1 aliphatic rings. The van der Waals surface area contributed by atoms with Gasteiger partial charge < -0.3 is 15.2 Å². The van der Waals surface area contributed by atoms with E-state index < -0.39 is 0 Å². The minimum atomic E-state index is -0.259. The number of amides is 2. The van der Waals surface area contributed by atoms with Gasteiger partial charge >= 0.3 is 0 Å². The zero-order chi connectivity index (χ0) is 16.4. The smallest absolute Gasteiger partial charge is 0.225 e. The first-order valence-electron chi connectivity index (χ1n) is 8.02. The van der Waals surface area contributed by atoms with E-state index in [1.807, 2.05) is 24.3 Å². The molecule has 0 bridgehead atoms. The van der Waals surface area contributed by atoms with Gasteiger partial charge in [-0.05, 0) is 18.1 Å². The molecule has 1 fully saturated rings. The van der Waals surface area contributed by atoms with E-state index in [0.29, 0.717) is 32.0 Å². The predicted molar refractivity (Wildman–Crippen MR) is 87.5 cm³/mol. The molecular weight excluding hydrogens is 292 g/mol. The summed E-state index contributed by atoms with van der Waals surface area (Å²) in [7, 11) is 0. The molecule has 1 unspecified atom stereocenters. The second-order valence-electron chi connectivity index (χ2n) is 6.51. The molecule has 1 aromatic heterocycles. The minimum Gasteiger partial charge on any atom is -0.349 e. The average molecular weight is 314 g/mol. The van der Waals surface area contributed by atoms with Gasteiger partial charge in [-0.15, -0.1) is 0 Å². The quantitative estimate of drug-likeness (QED) is 0.881. The van der Waals surface area contributed by atoms with Gasteiger partial charge in [0.05, 0.1) is 23.5 Å². The predicted octanol–water partition coefficient (Wildman–Crippen LogP) is 1.68. The number of nitrogens with one attached hydrogen (secondary N) is 2. The summed E-state index contributed by atoms with van der Waals surface area (Å²) in [4.78, 5) is 33.6. The first kappa shape index (κ1) is 15.5. The topological polar surface area (TPSA) is 78.1 Å². The van der Waals surface area contributed by atoms with E-state index in [1.165, 1.54) is 0 Å². The summed E-state index contributed by atoms with van der Waals surface area (Å²) in [6.45, 7) is 5.72. The van der Waals surface area contributed by atoms with Crippen molar-refractivity contribution in [2.75, 3.05) is 13.1 Å². The average Bonchev–Trinajstić information content (AvgIpc) is 3.08. The van der Waals surface area contributed by atoms with Crippen molar-refractivity contribution in [3.05, 3.63) is 30.1 Å². The van der Waals surface area contributed by atoms with Crippen LogP contribution in [0.3, 0.4) is 0 Å². The van der Waals surface area contributed by atoms with Gasteiger partial charge in [-0.3, -0.25) is 9.59 Å². The number of aromatic nitrogens is 2. The number of nitrogens with zero attached hydrogens (tertiary/aromatic N) is 2. The van der Waals surface area contributed by atoms with Crippen LogP contribution < -0.4 is 5.32 Å². The maximum absolute atomic E-state index is 12.3. The third-order valence-corrected chi connectivity index (χ3v) is 4.04. The van der Waals surface area contributed by atoms with Crippen molar-refractivity contribution in [1.82, 2.24) is 20.2 Å². The number of para-hydroxylation sites is 2. The largest absolute Gasteiger partial charge is 0.349 e. The summed E-state index contributed by atoms with van der Waals surface area (Å²) in [5, 5.41) is 2.88. The Morgan fingerprint density at radius 1 is 1.43 bits per heavy atom. The maximum Gasteiger partial charge on any atom is 0.225 e. The van der Waals surface area contributed by atoms with Crippen molar-refractivity contribution in [2.24, 2.45) is 11.8 Å². The number of H-pyrrole nitrogens is 1. The summed E-state index contributed by atoms with van der Waals surface area (Å²) in [5.74, 6) is 0.873. The lowest BCUT2D eigenvalue weighted by molar-refractivity contribution is -0.129. The summed E-state index contributed by atoms with van der Waals surface area (Å²) >= 11 is 0. The van der Waals surface area contributed by atoms with Crippen LogP contribution in [-0.2, 0) is 16.1 Å². The highest BCUT2D eigenvalue weighted by Crippen LogP contribution is 2.19. The highest BCUT2D eigenvalue weighted by molar-refractivity contribution is 5.89. The zero-order valence-electron chi connectivity index (χ0n) is 13.5. The number of carbonyl (C=O) groups excluding carboxylic acids is 2. The summed E-state index contributed by atoms with van der Waals surface area (Å²) in [6.07, 6.45) is 0.304. The van der Waals surface area contributed by atoms with Gasteiger partial charge in [0.15, 0.2) is 0 Å². The van der Waals surface area contributed by atoms with Gasteiger partial charge in [-0.25, -0.2) is 4.98 Å². The lowest BCUT2D eigenvalue weighted by Gasteiger charge is -2.18. The van der Waals surface area contributed by atoms with Crippen molar-refractivity contribution in [2.45, 2.75) is 26.8 Å². The number of aromatic amines is 1. The van der Waals surface area contributed by atoms with Crippen LogP contribution >= 0.6 is 0 Å². The Labute approximate surface area is 135 Å². The van der Waals surface area contributed by atoms with Crippen molar-refractivity contribution in [1.29, 1.82) is 0 Å². The number of fused-ring (bicyclic) bond motifs is 1. The normalized spacial score (nSPS) is 18.1. The molecule has 2 amide bonds. The molecule has 6 heteroatoms. The highest BCUT2D eigenvalue weighted by Gasteiger charge is 2.34. The Balaban J connectivity index is 1.56. The Kier molecular flexibility index (Phi) is 4.32. The first-order chi connectivity index (χ1) is 11.0. The number of benzene rings is 1. The van der Waals surface area contributed by atoms with Gasteiger partial charge in [-0.2, -0.15) is 0 Å². The second-order valence-corrected chi connectivity index (χ2v) is 6.51. The molecule has 1 aliphatic heterocycles. The zero-order valence-corrected chi connectivity index (χ0v) is 13.5. The number of hydrogen-bond acceptors (Lipinski definition) is 3. The van der Waals surface area contributed by atoms with Crippen LogP contribution in [0.4, 0.5) is 0 Å². The molecule has 1 saturated heterocycles. The van der Waals surface area contributed by atoms with Gasteiger partial charge in [-0.1, -0.05) is 26.0 Å². The third-order valence-electron chi connectivity index (χ3n) is 4.04. The molecule has 0 aliphatic carbocycles. The van der Waals surface area contributed by atoms with Crippen molar-refractivity contribution < 1.29 is 9.59 Å². The van der Waals surface area contributed by atoms with Crippen LogP contribution in [0.15, 0.2) is 24.3 Å². The molecule has 6 nitrogen and oxygen atoms in total. The molecule has 0 spiro atoms. The van der Waals surface area contributed by atoms with Crippen molar-refractivity contribution in [3.8, 4) is 0 Å². The van der Waals surface area contributed by atoms with Crippen LogP contribution in [0.5, 0.6) is 0 Å². The van der Waals surface area contributed by atoms with Gasteiger partial charge in [0.1, 0.15) is 5.82 Å². The molecule has 1 atom stereocenters. The van der Waals surface area contributed by atoms with Crippen LogP contribution in [0.1, 0.15) is 26.1 Å². The standard InChI is InChI=1S/C17H22N4O2/c1-11(2)9-21-10-12(7-16(21)22)17(23)18-8-15-19-13-5-3-4-6-14(13)20-15/h3-6,11-12H,7-10H2,1-2H3,(H,18,23)(H,19,20). The fraction of sp³-hybridized carbons (Fsp3) is 0.471. The lowest BCUT2D eigenvalue weighted by Crippen LogP contribution is -2.34. The molecule has 3 rings (SSSR count). The maximum atomic E-state index is 12.3. The van der Waals surface area contributed by atoms with E-state index in [-0.39, 0.29) is 17.7 Å². The number of likely N-dealkylation sites (tertiary alicyclic amines) is 1. The lowest BCUT2D eigenvalue weighted by atomic mass is 10.1. The Morgan fingerprint density at radius 3 is 2.96 bits per heavy atom. The van der Waals surface area contributed by atoms with E-state index in [2.05, 4.69) is 29.1 Å². The van der Waals surface area contributed by atoms with E-state index in [0.717, 1.165) is 16.9 Å². The minimum absolute atomic E-state index is 0.0718. The molecule has 0 saturated carbocycles. The second kappa shape index (κ2) is 6.40. The van der Waals surface area contributed by atoms with Crippen LogP contribution in [-0.4, -0.2) is 39.8 Å². The summed E-state index contributed by atoms with van der Waals surface area (Å²) in [5.41, 5.74) is 1.84. The molecule has 2 heterocycles. The van der Waals surface area contributed by atoms with Gasteiger partial charge in [0.2, 0.25) is 11.8 Å². The first-order valence-corrected chi connectivity index (χ1v) is 8.02. The fourth-order valence-electron chi connectivity index (χ4n) is 2.97. The molecule has 122 valence electrons. The molecule has 0 radical (unpaired) electrons. The Hall–Kier alpha value is -2.37. The number of hydrogen-bond donors (Lipinski definition) is 2. The number of rotatable bonds is 5. The van der Waals surface area contributed by atoms with Crippen molar-refractivity contribution in [3.63, 3.8) is 0 Å². The fourth-order valence-corrected chi connectivity index (χ4v) is 2.97. The third kappa shape index (κ3) is 3.52. The van der Waals surface area contributed by atoms with E-state index in [1.54, 1.807) is 4.90 Å². The monoisotopic (exact) mass is 314 g/mol. The van der Waals surface area contributed by atoms with E-state index in [9.17, 15) is 9.59 Å². The van der Waals surface area contributed by atoms with Gasteiger partial charge in [0.25, 0.3) is 0 Å². The van der Waals surface area contributed by atoms with Crippen molar-refractivity contribution >= 4 is 22.8 Å². The Bertz CT molecular complexity index is 689. The highest BCUT2D eigenvalue weighted by atomic mass is 16.2. The summed E-state index contributed by atoms with van der Waals surface area (Å²) in [6, 6.07) is 7.75. The molecule has 2 aromatic rings. The summed E-state index contributed by atoms with van der Waals surface area (Å²) < 4.78 is 0. The number of imidazole rings is 1. The van der Waals surface area contributed by atoms with E-state index >= 15 is 0 Å². The molecule has 1 aromatic carbocycles. The Morgan fingerprint density at radius 2 is 2.22 bits per heavy atom. The van der Waals surface area contributed by atoms with Crippen LogP contribution in [0.25, 0.3) is 11.0 Å². The molecular formula is C17H22N4O2. The van der Waals surface area contributed by atoms with E-state index in [4.69, 9.17) is 0 Å². The SMILES string of the molecule is CC(C)CN1CC(C(=O)NCc2nc3ccccc3[nH]2)CC1=O. The number of carbonyl (C=O) groups is 2. The van der Waals surface area contributed by atoms with Crippen LogP contribution in [0, 0.1) is 11.8 Å². The van der Waals surface area contributed by atoms with Gasteiger partial charge in [0, 0.05) is 19.5 Å².